The van der Waals surface area contributed by atoms with E-state index < -0.39 is 21.4 Å². The van der Waals surface area contributed by atoms with Crippen LogP contribution < -0.4 is 0 Å². The summed E-state index contributed by atoms with van der Waals surface area (Å²) in [5.41, 5.74) is -1.14. The van der Waals surface area contributed by atoms with Crippen LogP contribution in [0.3, 0.4) is 0 Å². The molecule has 5 nitrogen and oxygen atoms in total. The third-order valence-corrected chi connectivity index (χ3v) is 5.17. The molecule has 0 bridgehead atoms. The first-order valence-electron chi connectivity index (χ1n) is 5.53. The highest BCUT2D eigenvalue weighted by Gasteiger charge is 2.33. The Morgan fingerprint density at radius 2 is 2.00 bits per heavy atom. The van der Waals surface area contributed by atoms with E-state index in [1.807, 2.05) is 22.6 Å². The molecule has 0 aliphatic heterocycles. The highest BCUT2D eigenvalue weighted by atomic mass is 127. The Hall–Kier alpha value is -0.670. The van der Waals surface area contributed by atoms with Crippen molar-refractivity contribution in [3.63, 3.8) is 0 Å². The van der Waals surface area contributed by atoms with E-state index >= 15 is 0 Å². The predicted octanol–water partition coefficient (Wildman–Crippen LogP) is 2.02. The molecule has 106 valence electrons. The summed E-state index contributed by atoms with van der Waals surface area (Å²) in [5, 5.41) is 9.05. The number of hydrogen-bond acceptors (Lipinski definition) is 3. The van der Waals surface area contributed by atoms with Crippen LogP contribution in [0.4, 0.5) is 0 Å². The maximum absolute atomic E-state index is 12.3. The predicted molar refractivity (Wildman–Crippen MR) is 80.4 cm³/mol. The number of sulfonamides is 1. The minimum absolute atomic E-state index is 0.0872. The van der Waals surface area contributed by atoms with E-state index in [-0.39, 0.29) is 11.4 Å². The second-order valence-electron chi connectivity index (χ2n) is 4.91. The minimum atomic E-state index is -3.66. The molecule has 0 saturated heterocycles. The molecule has 19 heavy (non-hydrogen) atoms. The third kappa shape index (κ3) is 3.90. The van der Waals surface area contributed by atoms with Crippen molar-refractivity contribution in [1.82, 2.24) is 4.31 Å². The fraction of sp³-hybridized carbons (Fsp3) is 0.417. The zero-order valence-corrected chi connectivity index (χ0v) is 13.9. The van der Waals surface area contributed by atoms with Crippen LogP contribution in [0.15, 0.2) is 29.2 Å². The van der Waals surface area contributed by atoms with Gasteiger partial charge in [-0.05, 0) is 54.6 Å². The Morgan fingerprint density at radius 3 is 2.47 bits per heavy atom. The van der Waals surface area contributed by atoms with Crippen LogP contribution >= 0.6 is 22.6 Å². The lowest BCUT2D eigenvalue weighted by molar-refractivity contribution is -0.147. The first-order valence-corrected chi connectivity index (χ1v) is 8.04. The van der Waals surface area contributed by atoms with Gasteiger partial charge in [-0.3, -0.25) is 4.79 Å². The molecule has 0 aliphatic rings. The van der Waals surface area contributed by atoms with Gasteiger partial charge in [0.05, 0.1) is 10.3 Å². The number of carboxylic acid groups (broad SMARTS) is 1. The summed E-state index contributed by atoms with van der Waals surface area (Å²) in [6, 6.07) is 6.51. The summed E-state index contributed by atoms with van der Waals surface area (Å²) in [4.78, 5) is 11.2. The van der Waals surface area contributed by atoms with Gasteiger partial charge in [0.25, 0.3) is 0 Å². The van der Waals surface area contributed by atoms with Gasteiger partial charge in [0.1, 0.15) is 0 Å². The summed E-state index contributed by atoms with van der Waals surface area (Å²) in [7, 11) is -2.27. The molecule has 0 saturated carbocycles. The Labute approximate surface area is 126 Å². The number of carboxylic acids is 1. The Bertz CT molecular complexity index is 583. The smallest absolute Gasteiger partial charge is 0.310 e. The van der Waals surface area contributed by atoms with Crippen molar-refractivity contribution in [2.24, 2.45) is 5.41 Å². The Balaban J connectivity index is 3.05. The highest BCUT2D eigenvalue weighted by Crippen LogP contribution is 2.22. The van der Waals surface area contributed by atoms with Crippen LogP contribution in [-0.4, -0.2) is 37.4 Å². The molecular formula is C12H16INO4S. The normalized spacial score (nSPS) is 12.7. The number of aliphatic carboxylic acids is 1. The van der Waals surface area contributed by atoms with Gasteiger partial charge < -0.3 is 5.11 Å². The molecule has 1 aromatic rings. The third-order valence-electron chi connectivity index (χ3n) is 2.70. The summed E-state index contributed by atoms with van der Waals surface area (Å²) in [6.45, 7) is 2.91. The molecule has 0 unspecified atom stereocenters. The standard InChI is InChI=1S/C12H16INO4S/c1-12(2,11(15)16)8-14(3)19(17,18)10-6-4-5-9(13)7-10/h4-7H,8H2,1-3H3,(H,15,16). The fourth-order valence-electron chi connectivity index (χ4n) is 1.52. The van der Waals surface area contributed by atoms with Crippen LogP contribution in [0, 0.1) is 8.99 Å². The van der Waals surface area contributed by atoms with Gasteiger partial charge in [-0.1, -0.05) is 6.07 Å². The largest absolute Gasteiger partial charge is 0.481 e. The molecular weight excluding hydrogens is 381 g/mol. The first-order chi connectivity index (χ1) is 8.57. The molecule has 0 aliphatic carbocycles. The topological polar surface area (TPSA) is 74.7 Å². The molecule has 0 radical (unpaired) electrons. The lowest BCUT2D eigenvalue weighted by Crippen LogP contribution is -2.40. The van der Waals surface area contributed by atoms with Gasteiger partial charge in [-0.25, -0.2) is 8.42 Å². The summed E-state index contributed by atoms with van der Waals surface area (Å²) in [6.07, 6.45) is 0. The van der Waals surface area contributed by atoms with Crippen molar-refractivity contribution in [2.75, 3.05) is 13.6 Å². The van der Waals surface area contributed by atoms with Gasteiger partial charge in [0.2, 0.25) is 10.0 Å². The number of halogens is 1. The molecule has 1 rings (SSSR count). The zero-order chi connectivity index (χ0) is 14.8. The van der Waals surface area contributed by atoms with E-state index in [0.29, 0.717) is 0 Å². The second kappa shape index (κ2) is 5.76. The quantitative estimate of drug-likeness (QED) is 0.772. The maximum atomic E-state index is 12.3. The zero-order valence-electron chi connectivity index (χ0n) is 10.9. The Kier molecular flexibility index (Phi) is 4.97. The lowest BCUT2D eigenvalue weighted by Gasteiger charge is -2.26. The molecule has 0 aromatic heterocycles. The number of carbonyl (C=O) groups is 1. The van der Waals surface area contributed by atoms with Crippen molar-refractivity contribution < 1.29 is 18.3 Å². The van der Waals surface area contributed by atoms with Crippen molar-refractivity contribution >= 4 is 38.6 Å². The van der Waals surface area contributed by atoms with Crippen molar-refractivity contribution in [3.8, 4) is 0 Å². The van der Waals surface area contributed by atoms with E-state index in [1.165, 1.54) is 27.0 Å². The minimum Gasteiger partial charge on any atom is -0.481 e. The van der Waals surface area contributed by atoms with E-state index in [1.54, 1.807) is 18.2 Å². The maximum Gasteiger partial charge on any atom is 0.310 e. The van der Waals surface area contributed by atoms with Crippen molar-refractivity contribution in [2.45, 2.75) is 18.7 Å². The molecule has 1 aromatic carbocycles. The number of benzene rings is 1. The van der Waals surface area contributed by atoms with Crippen LogP contribution in [0.2, 0.25) is 0 Å². The number of hydrogen-bond donors (Lipinski definition) is 1. The molecule has 1 N–H and O–H groups in total. The lowest BCUT2D eigenvalue weighted by atomic mass is 9.94. The Morgan fingerprint density at radius 1 is 1.42 bits per heavy atom. The van der Waals surface area contributed by atoms with Crippen molar-refractivity contribution in [3.05, 3.63) is 27.8 Å². The van der Waals surface area contributed by atoms with Crippen LogP contribution in [0.5, 0.6) is 0 Å². The highest BCUT2D eigenvalue weighted by molar-refractivity contribution is 14.1. The molecule has 0 amide bonds. The van der Waals surface area contributed by atoms with Crippen molar-refractivity contribution in [1.29, 1.82) is 0 Å². The first kappa shape index (κ1) is 16.4. The number of rotatable bonds is 5. The van der Waals surface area contributed by atoms with Crippen LogP contribution in [0.25, 0.3) is 0 Å². The van der Waals surface area contributed by atoms with E-state index in [2.05, 4.69) is 0 Å². The fourth-order valence-corrected chi connectivity index (χ4v) is 3.65. The molecule has 0 spiro atoms. The second-order valence-corrected chi connectivity index (χ2v) is 8.20. The average Bonchev–Trinajstić information content (AvgIpc) is 2.28. The van der Waals surface area contributed by atoms with Crippen LogP contribution in [-0.2, 0) is 14.8 Å². The van der Waals surface area contributed by atoms with Crippen LogP contribution in [0.1, 0.15) is 13.8 Å². The van der Waals surface area contributed by atoms with E-state index in [0.717, 1.165) is 7.88 Å². The molecule has 0 fully saturated rings. The van der Waals surface area contributed by atoms with Gasteiger partial charge in [0.15, 0.2) is 0 Å². The monoisotopic (exact) mass is 397 g/mol. The van der Waals surface area contributed by atoms with Gasteiger partial charge >= 0.3 is 5.97 Å². The van der Waals surface area contributed by atoms with E-state index in [9.17, 15) is 13.2 Å². The summed E-state index contributed by atoms with van der Waals surface area (Å²) >= 11 is 2.03. The van der Waals surface area contributed by atoms with E-state index in [4.69, 9.17) is 5.11 Å². The molecule has 7 heteroatoms. The van der Waals surface area contributed by atoms with Gasteiger partial charge in [-0.15, -0.1) is 0 Å². The molecule has 0 atom stereocenters. The van der Waals surface area contributed by atoms with Gasteiger partial charge in [0, 0.05) is 17.2 Å². The number of nitrogens with zero attached hydrogens (tertiary/aromatic N) is 1. The summed E-state index contributed by atoms with van der Waals surface area (Å²) in [5.74, 6) is -1.03. The summed E-state index contributed by atoms with van der Waals surface area (Å²) < 4.78 is 26.5. The molecule has 0 heterocycles. The average molecular weight is 397 g/mol. The van der Waals surface area contributed by atoms with Gasteiger partial charge in [-0.2, -0.15) is 4.31 Å². The SMILES string of the molecule is CN(CC(C)(C)C(=O)O)S(=O)(=O)c1cccc(I)c1.